The Labute approximate surface area is 105 Å². The Hall–Kier alpha value is -1.95. The number of amides is 1. The van der Waals surface area contributed by atoms with Crippen LogP contribution in [0, 0.1) is 17.0 Å². The Bertz CT molecular complexity index is 446. The fraction of sp³-hybridized carbons (Fsp3) is 0.417. The highest BCUT2D eigenvalue weighted by Gasteiger charge is 2.15. The maximum atomic E-state index is 11.6. The molecule has 0 aliphatic carbocycles. The molecule has 0 saturated heterocycles. The van der Waals surface area contributed by atoms with Crippen LogP contribution in [0.15, 0.2) is 18.2 Å². The van der Waals surface area contributed by atoms with Crippen molar-refractivity contribution in [2.75, 3.05) is 11.9 Å². The molecular formula is C12H17N3O3. The summed E-state index contributed by atoms with van der Waals surface area (Å²) in [4.78, 5) is 21.9. The summed E-state index contributed by atoms with van der Waals surface area (Å²) in [5, 5.41) is 13.4. The minimum Gasteiger partial charge on any atom is -0.330 e. The molecule has 1 aromatic carbocycles. The second-order valence-corrected chi connectivity index (χ2v) is 4.07. The van der Waals surface area contributed by atoms with E-state index >= 15 is 0 Å². The lowest BCUT2D eigenvalue weighted by molar-refractivity contribution is -0.384. The first-order valence-corrected chi connectivity index (χ1v) is 5.79. The van der Waals surface area contributed by atoms with Crippen LogP contribution in [-0.4, -0.2) is 17.4 Å². The number of carbonyl (C=O) groups excluding carboxylic acids is 1. The van der Waals surface area contributed by atoms with Gasteiger partial charge in [0.1, 0.15) is 5.69 Å². The zero-order valence-corrected chi connectivity index (χ0v) is 10.3. The SMILES string of the molecule is Cc1ccc(NC(=O)CCCCN)c([N+](=O)[O-])c1. The number of hydrogen-bond acceptors (Lipinski definition) is 4. The van der Waals surface area contributed by atoms with E-state index in [0.717, 1.165) is 12.0 Å². The molecule has 0 fully saturated rings. The van der Waals surface area contributed by atoms with Crippen LogP contribution in [0.1, 0.15) is 24.8 Å². The fourth-order valence-electron chi connectivity index (χ4n) is 1.54. The number of hydrogen-bond donors (Lipinski definition) is 2. The van der Waals surface area contributed by atoms with Gasteiger partial charge in [0.25, 0.3) is 5.69 Å². The maximum absolute atomic E-state index is 11.6. The zero-order valence-electron chi connectivity index (χ0n) is 10.3. The van der Waals surface area contributed by atoms with Gasteiger partial charge >= 0.3 is 0 Å². The first-order valence-electron chi connectivity index (χ1n) is 5.79. The maximum Gasteiger partial charge on any atom is 0.293 e. The number of nitrogens with one attached hydrogen (secondary N) is 1. The quantitative estimate of drug-likeness (QED) is 0.458. The van der Waals surface area contributed by atoms with E-state index in [1.54, 1.807) is 19.1 Å². The van der Waals surface area contributed by atoms with Crippen LogP contribution < -0.4 is 11.1 Å². The molecule has 0 saturated carbocycles. The van der Waals surface area contributed by atoms with Crippen LogP contribution in [0.4, 0.5) is 11.4 Å². The lowest BCUT2D eigenvalue weighted by atomic mass is 10.2. The molecular weight excluding hydrogens is 234 g/mol. The Morgan fingerprint density at radius 3 is 2.78 bits per heavy atom. The van der Waals surface area contributed by atoms with E-state index in [1.165, 1.54) is 6.07 Å². The predicted molar refractivity (Wildman–Crippen MR) is 69.4 cm³/mol. The van der Waals surface area contributed by atoms with E-state index in [2.05, 4.69) is 5.32 Å². The van der Waals surface area contributed by atoms with Crippen LogP contribution in [-0.2, 0) is 4.79 Å². The van der Waals surface area contributed by atoms with Crippen molar-refractivity contribution in [3.05, 3.63) is 33.9 Å². The van der Waals surface area contributed by atoms with E-state index in [0.29, 0.717) is 19.4 Å². The number of nitro groups is 1. The summed E-state index contributed by atoms with van der Waals surface area (Å²) in [6, 6.07) is 4.71. The van der Waals surface area contributed by atoms with Gasteiger partial charge in [0.2, 0.25) is 5.91 Å². The van der Waals surface area contributed by atoms with Crippen molar-refractivity contribution in [1.29, 1.82) is 0 Å². The first kappa shape index (κ1) is 14.1. The molecule has 0 spiro atoms. The van der Waals surface area contributed by atoms with Crippen molar-refractivity contribution in [3.8, 4) is 0 Å². The Kier molecular flexibility index (Phi) is 5.26. The van der Waals surface area contributed by atoms with E-state index in [-0.39, 0.29) is 17.3 Å². The Morgan fingerprint density at radius 1 is 1.44 bits per heavy atom. The summed E-state index contributed by atoms with van der Waals surface area (Å²) in [6.07, 6.45) is 1.77. The van der Waals surface area contributed by atoms with E-state index in [4.69, 9.17) is 5.73 Å². The lowest BCUT2D eigenvalue weighted by Crippen LogP contribution is -2.13. The molecule has 0 radical (unpaired) electrons. The van der Waals surface area contributed by atoms with Gasteiger partial charge in [0, 0.05) is 12.5 Å². The van der Waals surface area contributed by atoms with Crippen LogP contribution >= 0.6 is 0 Å². The molecule has 0 aliphatic rings. The van der Waals surface area contributed by atoms with E-state index in [1.807, 2.05) is 0 Å². The number of aryl methyl sites for hydroxylation is 1. The minimum absolute atomic E-state index is 0.0813. The summed E-state index contributed by atoms with van der Waals surface area (Å²) in [5.41, 5.74) is 6.27. The van der Waals surface area contributed by atoms with Crippen molar-refractivity contribution in [2.24, 2.45) is 5.73 Å². The van der Waals surface area contributed by atoms with Crippen molar-refractivity contribution < 1.29 is 9.72 Å². The summed E-state index contributed by atoms with van der Waals surface area (Å²) in [7, 11) is 0. The van der Waals surface area contributed by atoms with Gasteiger partial charge in [-0.1, -0.05) is 6.07 Å². The number of nitrogens with zero attached hydrogens (tertiary/aromatic N) is 1. The second kappa shape index (κ2) is 6.70. The average molecular weight is 251 g/mol. The highest BCUT2D eigenvalue weighted by atomic mass is 16.6. The number of nitrogens with two attached hydrogens (primary N) is 1. The van der Waals surface area contributed by atoms with Crippen LogP contribution in [0.5, 0.6) is 0 Å². The number of benzene rings is 1. The number of rotatable bonds is 6. The molecule has 0 bridgehead atoms. The third-order valence-corrected chi connectivity index (χ3v) is 2.48. The van der Waals surface area contributed by atoms with Crippen molar-refractivity contribution in [2.45, 2.75) is 26.2 Å². The van der Waals surface area contributed by atoms with Gasteiger partial charge in [0.15, 0.2) is 0 Å². The summed E-state index contributed by atoms with van der Waals surface area (Å²) >= 11 is 0. The summed E-state index contributed by atoms with van der Waals surface area (Å²) in [5.74, 6) is -0.226. The fourth-order valence-corrected chi connectivity index (χ4v) is 1.54. The van der Waals surface area contributed by atoms with Gasteiger partial charge in [-0.25, -0.2) is 0 Å². The van der Waals surface area contributed by atoms with Crippen LogP contribution in [0.25, 0.3) is 0 Å². The summed E-state index contributed by atoms with van der Waals surface area (Å²) in [6.45, 7) is 2.30. The third kappa shape index (κ3) is 4.14. The average Bonchev–Trinajstić information content (AvgIpc) is 2.31. The van der Waals surface area contributed by atoms with Gasteiger partial charge in [-0.2, -0.15) is 0 Å². The van der Waals surface area contributed by atoms with Crippen LogP contribution in [0.3, 0.4) is 0 Å². The van der Waals surface area contributed by atoms with E-state index < -0.39 is 4.92 Å². The molecule has 6 heteroatoms. The molecule has 1 amide bonds. The second-order valence-electron chi connectivity index (χ2n) is 4.07. The van der Waals surface area contributed by atoms with Crippen molar-refractivity contribution >= 4 is 17.3 Å². The topological polar surface area (TPSA) is 98.3 Å². The first-order chi connectivity index (χ1) is 8.54. The van der Waals surface area contributed by atoms with Gasteiger partial charge in [-0.15, -0.1) is 0 Å². The van der Waals surface area contributed by atoms with Crippen molar-refractivity contribution in [3.63, 3.8) is 0 Å². The van der Waals surface area contributed by atoms with Gasteiger partial charge in [-0.3, -0.25) is 14.9 Å². The lowest BCUT2D eigenvalue weighted by Gasteiger charge is -2.06. The number of anilines is 1. The normalized spacial score (nSPS) is 10.1. The third-order valence-electron chi connectivity index (χ3n) is 2.48. The monoisotopic (exact) mass is 251 g/mol. The molecule has 18 heavy (non-hydrogen) atoms. The molecule has 0 atom stereocenters. The number of nitro benzene ring substituents is 1. The standard InChI is InChI=1S/C12H17N3O3/c1-9-5-6-10(11(8-9)15(17)18)14-12(16)4-2-3-7-13/h5-6,8H,2-4,7,13H2,1H3,(H,14,16). The largest absolute Gasteiger partial charge is 0.330 e. The Morgan fingerprint density at radius 2 is 2.17 bits per heavy atom. The smallest absolute Gasteiger partial charge is 0.293 e. The van der Waals surface area contributed by atoms with Crippen molar-refractivity contribution in [1.82, 2.24) is 0 Å². The van der Waals surface area contributed by atoms with E-state index in [9.17, 15) is 14.9 Å². The van der Waals surface area contributed by atoms with Gasteiger partial charge in [-0.05, 0) is 37.9 Å². The van der Waals surface area contributed by atoms with Gasteiger partial charge in [0.05, 0.1) is 4.92 Å². The highest BCUT2D eigenvalue weighted by Crippen LogP contribution is 2.25. The number of carbonyl (C=O) groups is 1. The van der Waals surface area contributed by atoms with Crippen LogP contribution in [0.2, 0.25) is 0 Å². The predicted octanol–water partition coefficient (Wildman–Crippen LogP) is 1.97. The molecule has 6 nitrogen and oxygen atoms in total. The minimum atomic E-state index is -0.498. The Balaban J connectivity index is 2.72. The number of unbranched alkanes of at least 4 members (excludes halogenated alkanes) is 1. The molecule has 98 valence electrons. The van der Waals surface area contributed by atoms with Gasteiger partial charge < -0.3 is 11.1 Å². The molecule has 0 aliphatic heterocycles. The molecule has 0 aromatic heterocycles. The highest BCUT2D eigenvalue weighted by molar-refractivity contribution is 5.93. The molecule has 0 heterocycles. The zero-order chi connectivity index (χ0) is 13.5. The summed E-state index contributed by atoms with van der Waals surface area (Å²) < 4.78 is 0. The molecule has 3 N–H and O–H groups in total. The molecule has 1 rings (SSSR count). The molecule has 0 unspecified atom stereocenters. The molecule has 1 aromatic rings.